The summed E-state index contributed by atoms with van der Waals surface area (Å²) in [5.41, 5.74) is 7.71. The van der Waals surface area contributed by atoms with Gasteiger partial charge in [-0.3, -0.25) is 8.89 Å². The Morgan fingerprint density at radius 2 is 2.11 bits per heavy atom. The van der Waals surface area contributed by atoms with E-state index in [9.17, 15) is 4.21 Å². The highest BCUT2D eigenvalue weighted by Crippen LogP contribution is 2.26. The molecule has 4 nitrogen and oxygen atoms in total. The van der Waals surface area contributed by atoms with Gasteiger partial charge in [0.05, 0.1) is 37.9 Å². The number of nitrogens with zero attached hydrogens (tertiary/aromatic N) is 2. The molecular weight excluding hydrogens is 305 g/mol. The predicted octanol–water partition coefficient (Wildman–Crippen LogP) is 2.93. The highest BCUT2D eigenvalue weighted by molar-refractivity contribution is 7.84. The van der Waals surface area contributed by atoms with Crippen molar-refractivity contribution in [2.24, 2.45) is 7.05 Å². The highest BCUT2D eigenvalue weighted by Gasteiger charge is 2.16. The molecule has 0 fully saturated rings. The summed E-state index contributed by atoms with van der Waals surface area (Å²) in [5, 5.41) is 5.23. The molecular formula is C12H13Cl2N3OS. The minimum Gasteiger partial charge on any atom is -0.398 e. The predicted molar refractivity (Wildman–Crippen MR) is 78.9 cm³/mol. The molecule has 1 aromatic heterocycles. The number of rotatable bonds is 3. The molecule has 0 radical (unpaired) electrons. The first-order valence-electron chi connectivity index (χ1n) is 5.51. The number of benzene rings is 1. The number of halogens is 2. The van der Waals surface area contributed by atoms with E-state index in [-0.39, 0.29) is 5.75 Å². The Kier molecular flexibility index (Phi) is 4.18. The smallest absolute Gasteiger partial charge is 0.0856 e. The Morgan fingerprint density at radius 3 is 2.68 bits per heavy atom. The lowest BCUT2D eigenvalue weighted by Crippen LogP contribution is -2.05. The maximum atomic E-state index is 12.4. The molecule has 0 saturated heterocycles. The molecule has 0 aliphatic heterocycles. The van der Waals surface area contributed by atoms with Crippen LogP contribution < -0.4 is 5.73 Å². The third-order valence-corrected chi connectivity index (χ3v) is 4.86. The third-order valence-electron chi connectivity index (χ3n) is 2.75. The normalized spacial score (nSPS) is 12.6. The number of aryl methyl sites for hydroxylation is 2. The molecule has 1 aromatic carbocycles. The summed E-state index contributed by atoms with van der Waals surface area (Å²) in [5.74, 6) is 0.251. The summed E-state index contributed by atoms with van der Waals surface area (Å²) in [4.78, 5) is 0.516. The second kappa shape index (κ2) is 5.53. The van der Waals surface area contributed by atoms with Gasteiger partial charge in [0.15, 0.2) is 0 Å². The van der Waals surface area contributed by atoms with E-state index in [1.807, 2.05) is 6.92 Å². The van der Waals surface area contributed by atoms with Gasteiger partial charge in [-0.25, -0.2) is 0 Å². The van der Waals surface area contributed by atoms with Gasteiger partial charge in [-0.1, -0.05) is 23.2 Å². The molecule has 0 aliphatic carbocycles. The zero-order valence-electron chi connectivity index (χ0n) is 10.5. The van der Waals surface area contributed by atoms with Crippen LogP contribution >= 0.6 is 23.2 Å². The minimum atomic E-state index is -1.32. The van der Waals surface area contributed by atoms with Crippen molar-refractivity contribution in [3.8, 4) is 0 Å². The standard InChI is InChI=1S/C12H13Cl2N3OS/c1-7-12(14)10(17(2)16-7)6-19(18)11-5-8(13)3-4-9(11)15/h3-5H,6,15H2,1-2H3. The number of aromatic nitrogens is 2. The molecule has 1 atom stereocenters. The number of hydrogen-bond donors (Lipinski definition) is 1. The molecule has 1 unspecified atom stereocenters. The van der Waals surface area contributed by atoms with Crippen LogP contribution in [-0.2, 0) is 23.6 Å². The molecule has 0 bridgehead atoms. The lowest BCUT2D eigenvalue weighted by atomic mass is 10.3. The summed E-state index contributed by atoms with van der Waals surface area (Å²) in [7, 11) is 0.452. The summed E-state index contributed by atoms with van der Waals surface area (Å²) < 4.78 is 14.0. The zero-order valence-corrected chi connectivity index (χ0v) is 12.8. The maximum Gasteiger partial charge on any atom is 0.0856 e. The van der Waals surface area contributed by atoms with Crippen LogP contribution in [0.1, 0.15) is 11.4 Å². The van der Waals surface area contributed by atoms with E-state index >= 15 is 0 Å². The van der Waals surface area contributed by atoms with Crippen LogP contribution in [0.25, 0.3) is 0 Å². The van der Waals surface area contributed by atoms with E-state index in [1.165, 1.54) is 0 Å². The quantitative estimate of drug-likeness (QED) is 0.885. The van der Waals surface area contributed by atoms with Gasteiger partial charge >= 0.3 is 0 Å². The SMILES string of the molecule is Cc1nn(C)c(CS(=O)c2cc(Cl)ccc2N)c1Cl. The van der Waals surface area contributed by atoms with Crippen molar-refractivity contribution in [2.45, 2.75) is 17.6 Å². The molecule has 0 amide bonds. The van der Waals surface area contributed by atoms with Gasteiger partial charge in [0.25, 0.3) is 0 Å². The maximum absolute atomic E-state index is 12.4. The van der Waals surface area contributed by atoms with Crippen LogP contribution in [0.4, 0.5) is 5.69 Å². The first kappa shape index (κ1) is 14.4. The molecule has 2 rings (SSSR count). The van der Waals surface area contributed by atoms with E-state index < -0.39 is 10.8 Å². The average Bonchev–Trinajstić information content (AvgIpc) is 2.59. The van der Waals surface area contributed by atoms with E-state index in [0.29, 0.717) is 20.6 Å². The van der Waals surface area contributed by atoms with E-state index in [1.54, 1.807) is 29.9 Å². The van der Waals surface area contributed by atoms with Gasteiger partial charge in [-0.05, 0) is 25.1 Å². The molecule has 0 spiro atoms. The molecule has 102 valence electrons. The Morgan fingerprint density at radius 1 is 1.42 bits per heavy atom. The Hall–Kier alpha value is -1.04. The van der Waals surface area contributed by atoms with Crippen molar-refractivity contribution in [1.82, 2.24) is 9.78 Å². The number of nitrogen functional groups attached to an aromatic ring is 1. The summed E-state index contributed by atoms with van der Waals surface area (Å²) in [6.07, 6.45) is 0. The van der Waals surface area contributed by atoms with Crippen LogP contribution in [0.3, 0.4) is 0 Å². The van der Waals surface area contributed by atoms with Gasteiger partial charge in [-0.15, -0.1) is 0 Å². The van der Waals surface area contributed by atoms with Crippen molar-refractivity contribution in [3.63, 3.8) is 0 Å². The molecule has 7 heteroatoms. The van der Waals surface area contributed by atoms with Crippen molar-refractivity contribution >= 4 is 39.7 Å². The number of nitrogens with two attached hydrogens (primary N) is 1. The first-order valence-corrected chi connectivity index (χ1v) is 7.59. The largest absolute Gasteiger partial charge is 0.398 e. The second-order valence-electron chi connectivity index (χ2n) is 4.14. The molecule has 2 aromatic rings. The van der Waals surface area contributed by atoms with Gasteiger partial charge in [-0.2, -0.15) is 5.10 Å². The van der Waals surface area contributed by atoms with Gasteiger partial charge < -0.3 is 5.73 Å². The Bertz CT molecular complexity index is 655. The van der Waals surface area contributed by atoms with Crippen LogP contribution in [0, 0.1) is 6.92 Å². The fourth-order valence-electron chi connectivity index (χ4n) is 1.74. The topological polar surface area (TPSA) is 60.9 Å². The summed E-state index contributed by atoms with van der Waals surface area (Å²) in [6, 6.07) is 4.93. The third kappa shape index (κ3) is 2.94. The van der Waals surface area contributed by atoms with E-state index in [2.05, 4.69) is 5.10 Å². The number of anilines is 1. The van der Waals surface area contributed by atoms with Gasteiger partial charge in [0, 0.05) is 17.8 Å². The van der Waals surface area contributed by atoms with E-state index in [0.717, 1.165) is 11.4 Å². The van der Waals surface area contributed by atoms with Crippen LogP contribution in [-0.4, -0.2) is 14.0 Å². The van der Waals surface area contributed by atoms with Crippen LogP contribution in [0.2, 0.25) is 10.0 Å². The lowest BCUT2D eigenvalue weighted by molar-refractivity contribution is 0.676. The Labute approximate surface area is 124 Å². The summed E-state index contributed by atoms with van der Waals surface area (Å²) >= 11 is 12.0. The number of hydrogen-bond acceptors (Lipinski definition) is 3. The highest BCUT2D eigenvalue weighted by atomic mass is 35.5. The van der Waals surface area contributed by atoms with Crippen LogP contribution in [0.15, 0.2) is 23.1 Å². The minimum absolute atomic E-state index is 0.251. The zero-order chi connectivity index (χ0) is 14.2. The molecule has 1 heterocycles. The van der Waals surface area contributed by atoms with E-state index in [4.69, 9.17) is 28.9 Å². The first-order chi connectivity index (χ1) is 8.90. The molecule has 0 saturated carbocycles. The fourth-order valence-corrected chi connectivity index (χ4v) is 3.61. The van der Waals surface area contributed by atoms with Gasteiger partial charge in [0.2, 0.25) is 0 Å². The lowest BCUT2D eigenvalue weighted by Gasteiger charge is -2.07. The van der Waals surface area contributed by atoms with Gasteiger partial charge in [0.1, 0.15) is 0 Å². The molecule has 2 N–H and O–H groups in total. The fraction of sp³-hybridized carbons (Fsp3) is 0.250. The van der Waals surface area contributed by atoms with Crippen LogP contribution in [0.5, 0.6) is 0 Å². The van der Waals surface area contributed by atoms with Crippen molar-refractivity contribution in [1.29, 1.82) is 0 Å². The monoisotopic (exact) mass is 317 g/mol. The van der Waals surface area contributed by atoms with Crippen molar-refractivity contribution < 1.29 is 4.21 Å². The van der Waals surface area contributed by atoms with Crippen molar-refractivity contribution in [3.05, 3.63) is 39.6 Å². The molecule has 0 aliphatic rings. The van der Waals surface area contributed by atoms with Crippen molar-refractivity contribution in [2.75, 3.05) is 5.73 Å². The average molecular weight is 318 g/mol. The second-order valence-corrected chi connectivity index (χ2v) is 6.38. The molecule has 19 heavy (non-hydrogen) atoms. The summed E-state index contributed by atoms with van der Waals surface area (Å²) in [6.45, 7) is 1.81. The Balaban J connectivity index is 2.33.